The highest BCUT2D eigenvalue weighted by molar-refractivity contribution is 7.85. The highest BCUT2D eigenvalue weighted by Crippen LogP contribution is 2.38. The van der Waals surface area contributed by atoms with E-state index in [1.807, 2.05) is 0 Å². The fourth-order valence-electron chi connectivity index (χ4n) is 2.04. The molecule has 0 aromatic carbocycles. The van der Waals surface area contributed by atoms with E-state index in [9.17, 15) is 9.59 Å². The molecular formula is C15H18N2O3S2. The summed E-state index contributed by atoms with van der Waals surface area (Å²) in [4.78, 5) is 28.7. The summed E-state index contributed by atoms with van der Waals surface area (Å²) in [5, 5.41) is 2.41. The molecule has 1 heterocycles. The summed E-state index contributed by atoms with van der Waals surface area (Å²) in [6.07, 6.45) is 1.79. The van der Waals surface area contributed by atoms with E-state index in [-0.39, 0.29) is 22.2 Å². The monoisotopic (exact) mass is 338 g/mol. The number of thiol groups is 2. The molecule has 5 nitrogen and oxygen atoms in total. The van der Waals surface area contributed by atoms with Crippen LogP contribution in [0.2, 0.25) is 0 Å². The van der Waals surface area contributed by atoms with Crippen LogP contribution < -0.4 is 5.32 Å². The average Bonchev–Trinajstić information content (AvgIpc) is 2.46. The zero-order valence-corrected chi connectivity index (χ0v) is 14.1. The van der Waals surface area contributed by atoms with Crippen LogP contribution >= 0.6 is 25.3 Å². The van der Waals surface area contributed by atoms with E-state index in [2.05, 4.69) is 35.6 Å². The number of carbonyl (C=O) groups is 2. The van der Waals surface area contributed by atoms with Gasteiger partial charge in [-0.25, -0.2) is 9.78 Å². The minimum atomic E-state index is -0.641. The van der Waals surface area contributed by atoms with Gasteiger partial charge in [0.05, 0.1) is 6.10 Å². The standard InChI is InChI=1S/C15H18N2O3S2/c1-8(2)20-15(19)12(9-7-10(21)13(9)22)14(18)17-11-5-3-4-6-16-11/h3-6,8,10,13,21-22H,7H2,1-2H3,(H,16,17,18)/b12-9-. The molecule has 1 aromatic heterocycles. The SMILES string of the molecule is CC(C)OC(=O)/C(C(=O)Nc1ccccn1)=C1/CC(S)C1S. The molecule has 1 amide bonds. The van der Waals surface area contributed by atoms with Crippen molar-refractivity contribution in [3.8, 4) is 0 Å². The molecule has 2 atom stereocenters. The smallest absolute Gasteiger partial charge is 0.344 e. The molecule has 1 saturated carbocycles. The molecule has 22 heavy (non-hydrogen) atoms. The third-order valence-electron chi connectivity index (χ3n) is 3.15. The van der Waals surface area contributed by atoms with Crippen molar-refractivity contribution < 1.29 is 14.3 Å². The predicted octanol–water partition coefficient (Wildman–Crippen LogP) is 2.27. The predicted molar refractivity (Wildman–Crippen MR) is 91.3 cm³/mol. The fourth-order valence-corrected chi connectivity index (χ4v) is 2.75. The van der Waals surface area contributed by atoms with Gasteiger partial charge in [-0.15, -0.1) is 0 Å². The van der Waals surface area contributed by atoms with E-state index in [4.69, 9.17) is 4.74 Å². The lowest BCUT2D eigenvalue weighted by Gasteiger charge is -2.34. The van der Waals surface area contributed by atoms with Crippen LogP contribution in [-0.4, -0.2) is 33.5 Å². The molecule has 0 aliphatic heterocycles. The maximum absolute atomic E-state index is 12.5. The van der Waals surface area contributed by atoms with Gasteiger partial charge in [0, 0.05) is 16.7 Å². The van der Waals surface area contributed by atoms with Gasteiger partial charge in [-0.05, 0) is 38.0 Å². The van der Waals surface area contributed by atoms with Crippen LogP contribution in [0.3, 0.4) is 0 Å². The summed E-state index contributed by atoms with van der Waals surface area (Å²) in [7, 11) is 0. The second-order valence-electron chi connectivity index (χ2n) is 5.24. The topological polar surface area (TPSA) is 68.3 Å². The minimum absolute atomic E-state index is 0.00431. The lowest BCUT2D eigenvalue weighted by molar-refractivity contribution is -0.143. The van der Waals surface area contributed by atoms with Gasteiger partial charge in [0.15, 0.2) is 0 Å². The van der Waals surface area contributed by atoms with Crippen LogP contribution in [0.15, 0.2) is 35.5 Å². The van der Waals surface area contributed by atoms with Gasteiger partial charge >= 0.3 is 5.97 Å². The molecule has 0 radical (unpaired) electrons. The number of anilines is 1. The normalized spacial score (nSPS) is 22.8. The molecule has 0 spiro atoms. The summed E-state index contributed by atoms with van der Waals surface area (Å²) < 4.78 is 5.17. The molecule has 1 aliphatic rings. The van der Waals surface area contributed by atoms with Crippen molar-refractivity contribution in [2.75, 3.05) is 5.32 Å². The van der Waals surface area contributed by atoms with Crippen LogP contribution in [0, 0.1) is 0 Å². The van der Waals surface area contributed by atoms with E-state index in [1.54, 1.807) is 38.2 Å². The lowest BCUT2D eigenvalue weighted by Crippen LogP contribution is -2.37. The highest BCUT2D eigenvalue weighted by atomic mass is 32.1. The maximum Gasteiger partial charge on any atom is 0.344 e. The van der Waals surface area contributed by atoms with Gasteiger partial charge in [0.1, 0.15) is 11.4 Å². The molecule has 0 bridgehead atoms. The Hall–Kier alpha value is -1.47. The van der Waals surface area contributed by atoms with Crippen LogP contribution in [0.5, 0.6) is 0 Å². The average molecular weight is 338 g/mol. The number of ether oxygens (including phenoxy) is 1. The van der Waals surface area contributed by atoms with Gasteiger partial charge in [-0.2, -0.15) is 25.3 Å². The number of pyridine rings is 1. The molecule has 2 unspecified atom stereocenters. The van der Waals surface area contributed by atoms with Crippen molar-refractivity contribution in [1.82, 2.24) is 4.98 Å². The molecule has 2 rings (SSSR count). The van der Waals surface area contributed by atoms with Crippen LogP contribution in [0.4, 0.5) is 5.82 Å². The molecule has 7 heteroatoms. The first-order valence-corrected chi connectivity index (χ1v) is 7.96. The molecule has 1 N–H and O–H groups in total. The minimum Gasteiger partial charge on any atom is -0.459 e. The van der Waals surface area contributed by atoms with Gasteiger partial charge in [0.25, 0.3) is 5.91 Å². The summed E-state index contributed by atoms with van der Waals surface area (Å²) >= 11 is 8.72. The maximum atomic E-state index is 12.5. The van der Waals surface area contributed by atoms with Gasteiger partial charge in [-0.3, -0.25) is 4.79 Å². The zero-order valence-electron chi connectivity index (χ0n) is 12.3. The summed E-state index contributed by atoms with van der Waals surface area (Å²) in [6, 6.07) is 5.13. The molecule has 1 fully saturated rings. The van der Waals surface area contributed by atoms with E-state index in [0.29, 0.717) is 17.8 Å². The van der Waals surface area contributed by atoms with Crippen molar-refractivity contribution >= 4 is 43.0 Å². The Morgan fingerprint density at radius 3 is 2.59 bits per heavy atom. The van der Waals surface area contributed by atoms with Crippen molar-refractivity contribution in [2.24, 2.45) is 0 Å². The van der Waals surface area contributed by atoms with Crippen molar-refractivity contribution in [2.45, 2.75) is 36.9 Å². The van der Waals surface area contributed by atoms with Gasteiger partial charge in [0.2, 0.25) is 0 Å². The number of amides is 1. The number of esters is 1. The van der Waals surface area contributed by atoms with Crippen molar-refractivity contribution in [3.63, 3.8) is 0 Å². The number of hydrogen-bond donors (Lipinski definition) is 3. The quantitative estimate of drug-likeness (QED) is 0.259. The second kappa shape index (κ2) is 7.19. The zero-order chi connectivity index (χ0) is 16.3. The Morgan fingerprint density at radius 2 is 2.09 bits per heavy atom. The Morgan fingerprint density at radius 1 is 1.36 bits per heavy atom. The summed E-state index contributed by atoms with van der Waals surface area (Å²) in [5.41, 5.74) is 0.659. The molecule has 118 valence electrons. The number of hydrogen-bond acceptors (Lipinski definition) is 6. The Bertz CT molecular complexity index is 602. The van der Waals surface area contributed by atoms with E-state index in [1.165, 1.54) is 0 Å². The third kappa shape index (κ3) is 3.84. The highest BCUT2D eigenvalue weighted by Gasteiger charge is 2.38. The molecule has 1 aliphatic carbocycles. The van der Waals surface area contributed by atoms with Gasteiger partial charge < -0.3 is 10.1 Å². The van der Waals surface area contributed by atoms with E-state index < -0.39 is 11.9 Å². The van der Waals surface area contributed by atoms with E-state index in [0.717, 1.165) is 0 Å². The summed E-state index contributed by atoms with van der Waals surface area (Å²) in [5.74, 6) is -0.795. The van der Waals surface area contributed by atoms with Crippen LogP contribution in [0.1, 0.15) is 20.3 Å². The van der Waals surface area contributed by atoms with Crippen LogP contribution in [0.25, 0.3) is 0 Å². The Kier molecular flexibility index (Phi) is 5.52. The van der Waals surface area contributed by atoms with E-state index >= 15 is 0 Å². The number of nitrogens with one attached hydrogen (secondary N) is 1. The Balaban J connectivity index is 2.25. The second-order valence-corrected chi connectivity index (χ2v) is 6.46. The Labute approximate surface area is 140 Å². The number of nitrogens with zero attached hydrogens (tertiary/aromatic N) is 1. The molecule has 0 saturated heterocycles. The molecule has 1 aromatic rings. The van der Waals surface area contributed by atoms with Gasteiger partial charge in [-0.1, -0.05) is 6.07 Å². The third-order valence-corrected chi connectivity index (χ3v) is 4.54. The number of rotatable bonds is 4. The first kappa shape index (κ1) is 16.9. The lowest BCUT2D eigenvalue weighted by atomic mass is 9.86. The summed E-state index contributed by atoms with van der Waals surface area (Å²) in [6.45, 7) is 3.47. The largest absolute Gasteiger partial charge is 0.459 e. The van der Waals surface area contributed by atoms with Crippen LogP contribution in [-0.2, 0) is 14.3 Å². The number of carbonyl (C=O) groups excluding carboxylic acids is 2. The van der Waals surface area contributed by atoms with Crippen molar-refractivity contribution in [3.05, 3.63) is 35.5 Å². The first-order chi connectivity index (χ1) is 10.4. The fraction of sp³-hybridized carbons (Fsp3) is 0.400. The number of aromatic nitrogens is 1. The van der Waals surface area contributed by atoms with Crippen molar-refractivity contribution in [1.29, 1.82) is 0 Å². The molecular weight excluding hydrogens is 320 g/mol. The first-order valence-electron chi connectivity index (χ1n) is 6.92.